The Morgan fingerprint density at radius 1 is 1.18 bits per heavy atom. The van der Waals surface area contributed by atoms with Gasteiger partial charge in [-0.15, -0.1) is 0 Å². The van der Waals surface area contributed by atoms with Crippen molar-refractivity contribution in [3.05, 3.63) is 35.1 Å². The average Bonchev–Trinajstić information content (AvgIpc) is 3.05. The predicted octanol–water partition coefficient (Wildman–Crippen LogP) is -0.0411. The number of hydrogen-bond acceptors (Lipinski definition) is 2. The first-order valence-corrected chi connectivity index (χ1v) is 7.35. The largest absolute Gasteiger partial charge is 0.339 e. The van der Waals surface area contributed by atoms with E-state index in [-0.39, 0.29) is 5.96 Å². The Hall–Kier alpha value is -2.54. The van der Waals surface area contributed by atoms with Crippen molar-refractivity contribution in [2.45, 2.75) is 0 Å². The Kier molecular flexibility index (Phi) is 3.00. The van der Waals surface area contributed by atoms with E-state index in [1.54, 1.807) is 0 Å². The van der Waals surface area contributed by atoms with Crippen LogP contribution in [-0.4, -0.2) is 59.9 Å². The summed E-state index contributed by atoms with van der Waals surface area (Å²) in [6.45, 7) is 3.54. The number of nitrogens with zero attached hydrogens (tertiary/aromatic N) is 5. The van der Waals surface area contributed by atoms with Crippen LogP contribution in [-0.2, 0) is 0 Å². The minimum atomic E-state index is 0.241. The van der Waals surface area contributed by atoms with Crippen molar-refractivity contribution in [1.82, 2.24) is 14.8 Å². The molecule has 22 heavy (non-hydrogen) atoms. The number of aliphatic imine (C=N–C) groups is 1. The highest BCUT2D eigenvalue weighted by atomic mass is 15.3. The van der Waals surface area contributed by atoms with Crippen molar-refractivity contribution < 1.29 is 0 Å². The fourth-order valence-corrected chi connectivity index (χ4v) is 2.77. The van der Waals surface area contributed by atoms with Gasteiger partial charge < -0.3 is 14.8 Å². The molecule has 0 aliphatic carbocycles. The van der Waals surface area contributed by atoms with E-state index in [9.17, 15) is 0 Å². The van der Waals surface area contributed by atoms with Crippen molar-refractivity contribution >= 4 is 22.8 Å². The van der Waals surface area contributed by atoms with Crippen LogP contribution < -0.4 is 10.8 Å². The number of fused-ring (bicyclic) bond motifs is 3. The Bertz CT molecular complexity index is 884. The third-order valence-electron chi connectivity index (χ3n) is 4.09. The maximum Gasteiger partial charge on any atom is 0.255 e. The molecule has 112 valence electrons. The molecule has 1 aromatic heterocycles. The summed E-state index contributed by atoms with van der Waals surface area (Å²) in [7, 11) is 2.09. The van der Waals surface area contributed by atoms with Crippen LogP contribution in [0.4, 0.5) is 0 Å². The number of rotatable bonds is 0. The summed E-state index contributed by atoms with van der Waals surface area (Å²) in [5.74, 6) is 0.598. The van der Waals surface area contributed by atoms with Crippen molar-refractivity contribution in [1.29, 1.82) is 5.41 Å². The summed E-state index contributed by atoms with van der Waals surface area (Å²) in [6.07, 6.45) is 0. The molecule has 2 aliphatic heterocycles. The van der Waals surface area contributed by atoms with E-state index < -0.39 is 0 Å². The van der Waals surface area contributed by atoms with E-state index in [2.05, 4.69) is 31.9 Å². The second-order valence-electron chi connectivity index (χ2n) is 5.62. The first kappa shape index (κ1) is 13.1. The van der Waals surface area contributed by atoms with E-state index in [0.717, 1.165) is 47.9 Å². The Balaban J connectivity index is 1.62. The third kappa shape index (κ3) is 2.19. The molecule has 0 atom stereocenters. The number of piperazine rings is 1. The number of likely N-dealkylation sites (N-methyl/N-ethyl adjacent to an activating group) is 1. The summed E-state index contributed by atoms with van der Waals surface area (Å²) in [4.78, 5) is 20.6. The van der Waals surface area contributed by atoms with Crippen LogP contribution in [0.1, 0.15) is 0 Å². The molecule has 0 saturated carbocycles. The van der Waals surface area contributed by atoms with Gasteiger partial charge in [0.15, 0.2) is 5.49 Å². The maximum atomic E-state index is 8.13. The second-order valence-corrected chi connectivity index (χ2v) is 5.62. The van der Waals surface area contributed by atoms with Gasteiger partial charge in [-0.2, -0.15) is 9.98 Å². The summed E-state index contributed by atoms with van der Waals surface area (Å²) >= 11 is 0. The molecule has 1 saturated heterocycles. The van der Waals surface area contributed by atoms with E-state index >= 15 is 0 Å². The van der Waals surface area contributed by atoms with Crippen molar-refractivity contribution in [2.24, 2.45) is 15.0 Å². The zero-order valence-corrected chi connectivity index (χ0v) is 12.4. The van der Waals surface area contributed by atoms with Gasteiger partial charge in [-0.25, -0.2) is 4.99 Å². The fourth-order valence-electron chi connectivity index (χ4n) is 2.77. The van der Waals surface area contributed by atoms with Gasteiger partial charge in [-0.05, 0) is 13.1 Å². The van der Waals surface area contributed by atoms with Gasteiger partial charge in [0.1, 0.15) is 5.36 Å². The number of benzene rings is 1. The molecular formula is C15H17N7. The molecule has 7 nitrogen and oxygen atoms in total. The Morgan fingerprint density at radius 2 is 1.95 bits per heavy atom. The average molecular weight is 295 g/mol. The molecule has 1 fully saturated rings. The number of para-hydroxylation sites is 1. The van der Waals surface area contributed by atoms with Gasteiger partial charge >= 0.3 is 0 Å². The highest BCUT2D eigenvalue weighted by molar-refractivity contribution is 5.96. The number of hydrogen-bond donors (Lipinski definition) is 2. The van der Waals surface area contributed by atoms with Gasteiger partial charge in [-0.1, -0.05) is 18.2 Å². The fraction of sp³-hybridized carbons (Fsp3) is 0.333. The standard InChI is InChI=1S/C15H17N7/c1-21-6-8-22(9-7-21)14(16)20-15-18-12-10-4-2-3-5-11(10)17-13(12)19-15/h2-5H,6-9H2,1H3,(H2,16,17,18,19,20). The third-order valence-corrected chi connectivity index (χ3v) is 4.09. The van der Waals surface area contributed by atoms with Crippen molar-refractivity contribution in [3.8, 4) is 0 Å². The minimum absolute atomic E-state index is 0.241. The molecule has 0 unspecified atom stereocenters. The summed E-state index contributed by atoms with van der Waals surface area (Å²) in [5.41, 5.74) is 1.75. The number of H-pyrrole nitrogens is 1. The number of guanidine groups is 2. The summed E-state index contributed by atoms with van der Waals surface area (Å²) in [6, 6.07) is 7.97. The SMILES string of the molecule is CN1CCN(C(=N)/N=C2\N=c3[nH]c4ccccc4c3=N2)CC1. The zero-order chi connectivity index (χ0) is 15.1. The summed E-state index contributed by atoms with van der Waals surface area (Å²) in [5, 5.41) is 9.99. The predicted molar refractivity (Wildman–Crippen MR) is 84.8 cm³/mol. The van der Waals surface area contributed by atoms with Gasteiger partial charge in [0, 0.05) is 37.1 Å². The molecule has 0 bridgehead atoms. The zero-order valence-electron chi connectivity index (χ0n) is 12.4. The van der Waals surface area contributed by atoms with Crippen LogP contribution in [0.15, 0.2) is 39.2 Å². The highest BCUT2D eigenvalue weighted by Gasteiger charge is 2.17. The molecule has 0 spiro atoms. The monoisotopic (exact) mass is 295 g/mol. The number of aromatic amines is 1. The van der Waals surface area contributed by atoms with Crippen LogP contribution in [0.2, 0.25) is 0 Å². The first-order chi connectivity index (χ1) is 10.7. The molecular weight excluding hydrogens is 278 g/mol. The lowest BCUT2D eigenvalue weighted by Crippen LogP contribution is -2.46. The van der Waals surface area contributed by atoms with E-state index in [1.807, 2.05) is 29.2 Å². The molecule has 0 amide bonds. The van der Waals surface area contributed by atoms with Gasteiger partial charge in [-0.3, -0.25) is 5.41 Å². The highest BCUT2D eigenvalue weighted by Crippen LogP contribution is 2.06. The van der Waals surface area contributed by atoms with E-state index in [1.165, 1.54) is 0 Å². The quantitative estimate of drug-likeness (QED) is 0.528. The second kappa shape index (κ2) is 5.03. The van der Waals surface area contributed by atoms with Crippen LogP contribution in [0.5, 0.6) is 0 Å². The van der Waals surface area contributed by atoms with Gasteiger partial charge in [0.25, 0.3) is 5.96 Å². The van der Waals surface area contributed by atoms with Crippen LogP contribution in [0.25, 0.3) is 10.9 Å². The smallest absolute Gasteiger partial charge is 0.255 e. The molecule has 4 rings (SSSR count). The minimum Gasteiger partial charge on any atom is -0.339 e. The topological polar surface area (TPSA) is 83.2 Å². The van der Waals surface area contributed by atoms with Crippen molar-refractivity contribution in [3.63, 3.8) is 0 Å². The first-order valence-electron chi connectivity index (χ1n) is 7.35. The molecule has 2 aromatic rings. The lowest BCUT2D eigenvalue weighted by Gasteiger charge is -2.32. The Labute approximate surface area is 127 Å². The normalized spacial score (nSPS) is 20.0. The van der Waals surface area contributed by atoms with Crippen LogP contribution in [0.3, 0.4) is 0 Å². The molecule has 0 radical (unpaired) electrons. The lowest BCUT2D eigenvalue weighted by molar-refractivity contribution is 0.213. The number of nitrogens with one attached hydrogen (secondary N) is 2. The number of aromatic nitrogens is 1. The summed E-state index contributed by atoms with van der Waals surface area (Å²) < 4.78 is 0. The maximum absolute atomic E-state index is 8.13. The van der Waals surface area contributed by atoms with Gasteiger partial charge in [0.05, 0.1) is 0 Å². The Morgan fingerprint density at radius 3 is 2.77 bits per heavy atom. The molecule has 2 N–H and O–H groups in total. The molecule has 2 aliphatic rings. The van der Waals surface area contributed by atoms with Crippen molar-refractivity contribution in [2.75, 3.05) is 33.2 Å². The molecule has 3 heterocycles. The van der Waals surface area contributed by atoms with Crippen LogP contribution in [0, 0.1) is 5.41 Å². The van der Waals surface area contributed by atoms with E-state index in [0.29, 0.717) is 5.96 Å². The van der Waals surface area contributed by atoms with Gasteiger partial charge in [0.2, 0.25) is 5.96 Å². The molecule has 1 aromatic carbocycles. The van der Waals surface area contributed by atoms with Crippen LogP contribution >= 0.6 is 0 Å². The lowest BCUT2D eigenvalue weighted by atomic mass is 10.2. The van der Waals surface area contributed by atoms with E-state index in [4.69, 9.17) is 5.41 Å². The molecule has 7 heteroatoms.